The molecule has 17 nitrogen and oxygen atoms in total. The topological polar surface area (TPSA) is 209 Å². The van der Waals surface area contributed by atoms with Gasteiger partial charge < -0.3 is 44.5 Å². The van der Waals surface area contributed by atoms with E-state index in [9.17, 15) is 37.5 Å². The van der Waals surface area contributed by atoms with E-state index in [1.807, 2.05) is 31.2 Å². The number of anilines is 2. The summed E-state index contributed by atoms with van der Waals surface area (Å²) >= 11 is 7.06. The first-order chi connectivity index (χ1) is 33.9. The lowest BCUT2D eigenvalue weighted by atomic mass is 9.85. The highest BCUT2D eigenvalue weighted by Gasteiger charge is 2.52. The largest absolute Gasteiger partial charge is 0.475 e. The van der Waals surface area contributed by atoms with Crippen LogP contribution in [-0.4, -0.2) is 125 Å². The molecule has 2 aromatic carbocycles. The predicted molar refractivity (Wildman–Crippen MR) is 261 cm³/mol. The number of aryl methyl sites for hydroxylation is 2. The molecule has 2 aliphatic rings. The molecule has 72 heavy (non-hydrogen) atoms. The number of nitriles is 1. The molecule has 0 saturated carbocycles. The van der Waals surface area contributed by atoms with Gasteiger partial charge in [0.25, 0.3) is 5.91 Å². The van der Waals surface area contributed by atoms with Crippen molar-refractivity contribution in [2.24, 2.45) is 5.41 Å². The predicted octanol–water partition coefficient (Wildman–Crippen LogP) is 6.01. The molecule has 2 saturated heterocycles. The van der Waals surface area contributed by atoms with Crippen molar-refractivity contribution in [1.82, 2.24) is 25.5 Å². The minimum Gasteiger partial charge on any atom is -0.475 e. The number of benzene rings is 2. The number of halogens is 4. The molecule has 3 N–H and O–H groups in total. The Balaban J connectivity index is 0.886. The summed E-state index contributed by atoms with van der Waals surface area (Å²) in [4.78, 5) is 67.0. The Morgan fingerprint density at radius 3 is 2.25 bits per heavy atom. The van der Waals surface area contributed by atoms with Crippen LogP contribution in [0.4, 0.5) is 28.9 Å². The van der Waals surface area contributed by atoms with E-state index in [4.69, 9.17) is 36.4 Å². The van der Waals surface area contributed by atoms with Gasteiger partial charge in [-0.1, -0.05) is 45.0 Å². The number of thiazole rings is 1. The number of nitrogens with one attached hydrogen (secondary N) is 2. The van der Waals surface area contributed by atoms with Crippen LogP contribution in [0.25, 0.3) is 10.4 Å². The normalized spacial score (nSPS) is 17.3. The molecule has 0 radical (unpaired) electrons. The fourth-order valence-corrected chi connectivity index (χ4v) is 9.48. The Hall–Kier alpha value is -6.16. The summed E-state index contributed by atoms with van der Waals surface area (Å²) < 4.78 is 79.0. The lowest BCUT2D eigenvalue weighted by Gasteiger charge is -2.35. The van der Waals surface area contributed by atoms with Crippen LogP contribution in [-0.2, 0) is 46.1 Å². The second kappa shape index (κ2) is 23.2. The number of β-amino-alcohol motifs (C(OH)–C–C–N with tert-alkyl or cyclic N) is 1. The Labute approximate surface area is 423 Å². The molecule has 4 aromatic rings. The molecule has 2 aromatic heterocycles. The Bertz CT molecular complexity index is 2690. The molecular formula is C49H56F4N8O9S2. The van der Waals surface area contributed by atoms with Crippen LogP contribution in [0.3, 0.4) is 0 Å². The summed E-state index contributed by atoms with van der Waals surface area (Å²) in [5.41, 5.74) is -0.252. The summed E-state index contributed by atoms with van der Waals surface area (Å²) in [6, 6.07) is 10.5. The quantitative estimate of drug-likeness (QED) is 0.0527. The summed E-state index contributed by atoms with van der Waals surface area (Å²) in [5.74, 6) is -3.81. The van der Waals surface area contributed by atoms with E-state index in [1.165, 1.54) is 35.9 Å². The lowest BCUT2D eigenvalue weighted by molar-refractivity contribution is -0.144. The summed E-state index contributed by atoms with van der Waals surface area (Å²) in [5, 5.41) is 25.1. The standard InChI is InChI=1S/C49H56F4N8O9S2/c1-28-20-33(61-46(71)60(45(66)48(61,6)7)35-13-12-32(22-54)38(39(35)50)49(51,52)53)24-56-43(28)70-19-18-68-15-14-67-16-17-69-26-37(63)58-41(47(3,4)5)44(65)59-25-34(62)21-36(59)42(64)55-23-30-8-10-31(11-9-30)40-29(2)57-27-72-40/h8-13,20,24,27,34,36,41,62H,14-19,21,23,25-26H2,1-7H3,(H,55,64)(H,58,63)/t34?,36-,41+/m0/s1. The zero-order valence-electron chi connectivity index (χ0n) is 40.7. The van der Waals surface area contributed by atoms with Crippen LogP contribution in [0.15, 0.2) is 54.2 Å². The van der Waals surface area contributed by atoms with E-state index >= 15 is 4.39 Å². The number of aliphatic hydroxyl groups is 1. The molecule has 1 unspecified atom stereocenters. The minimum atomic E-state index is -5.21. The zero-order valence-corrected chi connectivity index (χ0v) is 42.4. The highest BCUT2D eigenvalue weighted by Crippen LogP contribution is 2.42. The van der Waals surface area contributed by atoms with Gasteiger partial charge in [0.15, 0.2) is 10.9 Å². The number of carbonyl (C=O) groups is 4. The molecule has 6 rings (SSSR count). The number of thiocarbonyl (C=S) groups is 1. The van der Waals surface area contributed by atoms with Gasteiger partial charge in [-0.25, -0.2) is 14.4 Å². The van der Waals surface area contributed by atoms with Crippen molar-refractivity contribution in [3.05, 3.63) is 87.9 Å². The second-order valence-corrected chi connectivity index (χ2v) is 19.9. The first-order valence-corrected chi connectivity index (χ1v) is 24.1. The maximum atomic E-state index is 15.4. The van der Waals surface area contributed by atoms with E-state index in [-0.39, 0.29) is 76.8 Å². The Morgan fingerprint density at radius 1 is 1.00 bits per heavy atom. The summed E-state index contributed by atoms with van der Waals surface area (Å²) in [6.45, 7) is 12.6. The van der Waals surface area contributed by atoms with Crippen molar-refractivity contribution in [2.75, 3.05) is 62.6 Å². The third-order valence-corrected chi connectivity index (χ3v) is 13.2. The second-order valence-electron chi connectivity index (χ2n) is 18.6. The molecule has 2 aliphatic heterocycles. The summed E-state index contributed by atoms with van der Waals surface area (Å²) in [7, 11) is 0. The van der Waals surface area contributed by atoms with Crippen LogP contribution in [0, 0.1) is 36.4 Å². The number of hydrogen-bond acceptors (Lipinski definition) is 14. The van der Waals surface area contributed by atoms with Crippen molar-refractivity contribution in [2.45, 2.75) is 91.3 Å². The average molecular weight is 1040 g/mol. The van der Waals surface area contributed by atoms with Gasteiger partial charge in [-0.2, -0.15) is 18.4 Å². The molecule has 2 fully saturated rings. The van der Waals surface area contributed by atoms with Crippen LogP contribution in [0.5, 0.6) is 5.88 Å². The van der Waals surface area contributed by atoms with Crippen LogP contribution >= 0.6 is 23.6 Å². The van der Waals surface area contributed by atoms with Crippen molar-refractivity contribution in [3.8, 4) is 22.4 Å². The molecular weight excluding hydrogens is 985 g/mol. The van der Waals surface area contributed by atoms with Gasteiger partial charge in [0.05, 0.1) is 84.4 Å². The molecule has 0 bridgehead atoms. The number of likely N-dealkylation sites (tertiary alicyclic amines) is 1. The SMILES string of the molecule is Cc1cc(N2C(=S)N(c3ccc(C#N)c(C(F)(F)F)c3F)C(=O)C2(C)C)cnc1OCCOCCOCCOCC(=O)N[C@H](C(=O)N1CC(O)C[C@H]1C(=O)NCc1ccc(-c2scnc2C)cc1)C(C)(C)C. The molecule has 3 atom stereocenters. The highest BCUT2D eigenvalue weighted by atomic mass is 32.1. The highest BCUT2D eigenvalue weighted by molar-refractivity contribution is 7.81. The van der Waals surface area contributed by atoms with E-state index < -0.39 is 81.6 Å². The number of ether oxygens (including phenoxy) is 4. The minimum absolute atomic E-state index is 0.0578. The van der Waals surface area contributed by atoms with Crippen molar-refractivity contribution in [3.63, 3.8) is 0 Å². The summed E-state index contributed by atoms with van der Waals surface area (Å²) in [6.07, 6.45) is -4.70. The number of carbonyl (C=O) groups excluding carboxylic acids is 4. The van der Waals surface area contributed by atoms with Crippen LogP contribution in [0.1, 0.15) is 69.0 Å². The first kappa shape index (κ1) is 55.2. The number of hydrogen-bond donors (Lipinski definition) is 3. The number of amides is 4. The van der Waals surface area contributed by atoms with Crippen molar-refractivity contribution >= 4 is 63.7 Å². The number of nitrogens with zero attached hydrogens (tertiary/aromatic N) is 6. The number of aromatic nitrogens is 2. The number of alkyl halides is 3. The van der Waals surface area contributed by atoms with Crippen LogP contribution in [0.2, 0.25) is 0 Å². The van der Waals surface area contributed by atoms with Gasteiger partial charge in [0.2, 0.25) is 23.6 Å². The van der Waals surface area contributed by atoms with E-state index in [0.717, 1.165) is 33.8 Å². The van der Waals surface area contributed by atoms with Gasteiger partial charge in [0.1, 0.15) is 36.4 Å². The monoisotopic (exact) mass is 1040 g/mol. The number of aliphatic hydroxyl groups excluding tert-OH is 1. The number of pyridine rings is 1. The lowest BCUT2D eigenvalue weighted by Crippen LogP contribution is -2.58. The van der Waals surface area contributed by atoms with Crippen LogP contribution < -0.4 is 25.2 Å². The Morgan fingerprint density at radius 2 is 1.65 bits per heavy atom. The molecule has 386 valence electrons. The third-order valence-electron chi connectivity index (χ3n) is 11.9. The van der Waals surface area contributed by atoms with Gasteiger partial charge in [0, 0.05) is 25.1 Å². The smallest absolute Gasteiger partial charge is 0.420 e. The molecule has 4 amide bonds. The third kappa shape index (κ3) is 12.7. The zero-order chi connectivity index (χ0) is 52.7. The Kier molecular flexibility index (Phi) is 17.7. The fraction of sp³-hybridized carbons (Fsp3) is 0.469. The molecule has 0 spiro atoms. The van der Waals surface area contributed by atoms with Gasteiger partial charge in [-0.3, -0.25) is 24.1 Å². The first-order valence-electron chi connectivity index (χ1n) is 22.8. The van der Waals surface area contributed by atoms with E-state index in [2.05, 4.69) is 20.6 Å². The number of rotatable bonds is 20. The van der Waals surface area contributed by atoms with Gasteiger partial charge in [-0.15, -0.1) is 11.3 Å². The van der Waals surface area contributed by atoms with Crippen molar-refractivity contribution < 1.29 is 60.8 Å². The fourth-order valence-electron chi connectivity index (χ4n) is 8.15. The maximum Gasteiger partial charge on any atom is 0.420 e. The maximum absolute atomic E-state index is 15.4. The van der Waals surface area contributed by atoms with Gasteiger partial charge in [-0.05, 0) is 74.7 Å². The van der Waals surface area contributed by atoms with E-state index in [0.29, 0.717) is 16.2 Å². The molecule has 23 heteroatoms. The molecule has 4 heterocycles. The van der Waals surface area contributed by atoms with E-state index in [1.54, 1.807) is 50.6 Å². The van der Waals surface area contributed by atoms with Gasteiger partial charge >= 0.3 is 6.18 Å². The average Bonchev–Trinajstić information content (AvgIpc) is 3.98. The van der Waals surface area contributed by atoms with Crippen molar-refractivity contribution in [1.29, 1.82) is 5.26 Å². The molecule has 0 aliphatic carbocycles.